The van der Waals surface area contributed by atoms with Crippen molar-refractivity contribution < 1.29 is 9.32 Å². The van der Waals surface area contributed by atoms with Crippen LogP contribution >= 0.6 is 0 Å². The van der Waals surface area contributed by atoms with Gasteiger partial charge in [-0.3, -0.25) is 4.79 Å². The zero-order valence-electron chi connectivity index (χ0n) is 17.9. The molecule has 0 bridgehead atoms. The van der Waals surface area contributed by atoms with E-state index < -0.39 is 0 Å². The summed E-state index contributed by atoms with van der Waals surface area (Å²) in [7, 11) is 0. The molecular weight excluding hydrogens is 414 g/mol. The zero-order valence-corrected chi connectivity index (χ0v) is 17.9. The lowest BCUT2D eigenvalue weighted by Crippen LogP contribution is -2.14. The molecule has 0 saturated heterocycles. The molecule has 2 heterocycles. The standard InChI is InChI=1S/C26H21N5O2/c1-17-7-12-24-21(13-17)23(31-33-24)15-26(32)30-20-10-8-19(9-11-20)29-25-14-22(27-16-28-25)18-5-3-2-4-6-18/h2-14,16H,15H2,1H3,(H,30,32)(H,27,28,29). The molecule has 0 radical (unpaired) electrons. The van der Waals surface area contributed by atoms with Crippen molar-refractivity contribution in [2.45, 2.75) is 13.3 Å². The highest BCUT2D eigenvalue weighted by molar-refractivity contribution is 5.95. The molecule has 0 spiro atoms. The van der Waals surface area contributed by atoms with Crippen LogP contribution in [0.15, 0.2) is 89.7 Å². The molecule has 7 nitrogen and oxygen atoms in total. The van der Waals surface area contributed by atoms with Gasteiger partial charge in [-0.15, -0.1) is 0 Å². The van der Waals surface area contributed by atoms with E-state index in [1.165, 1.54) is 6.33 Å². The van der Waals surface area contributed by atoms with Crippen molar-refractivity contribution in [2.75, 3.05) is 10.6 Å². The van der Waals surface area contributed by atoms with Crippen LogP contribution in [0.1, 0.15) is 11.3 Å². The lowest BCUT2D eigenvalue weighted by molar-refractivity contribution is -0.115. The van der Waals surface area contributed by atoms with Gasteiger partial charge in [-0.25, -0.2) is 9.97 Å². The van der Waals surface area contributed by atoms with Crippen molar-refractivity contribution in [3.63, 3.8) is 0 Å². The molecule has 0 saturated carbocycles. The summed E-state index contributed by atoms with van der Waals surface area (Å²) in [6.45, 7) is 2.00. The average molecular weight is 435 g/mol. The van der Waals surface area contributed by atoms with Crippen LogP contribution in [0, 0.1) is 6.92 Å². The molecule has 33 heavy (non-hydrogen) atoms. The Balaban J connectivity index is 1.23. The summed E-state index contributed by atoms with van der Waals surface area (Å²) in [4.78, 5) is 21.2. The van der Waals surface area contributed by atoms with Crippen LogP contribution in [0.4, 0.5) is 17.2 Å². The summed E-state index contributed by atoms with van der Waals surface area (Å²) in [5.41, 5.74) is 5.81. The van der Waals surface area contributed by atoms with Gasteiger partial charge in [0.25, 0.3) is 0 Å². The molecule has 2 aromatic heterocycles. The first-order valence-electron chi connectivity index (χ1n) is 10.5. The van der Waals surface area contributed by atoms with E-state index in [4.69, 9.17) is 4.52 Å². The third kappa shape index (κ3) is 4.72. The summed E-state index contributed by atoms with van der Waals surface area (Å²) in [5, 5.41) is 11.1. The number of hydrogen-bond acceptors (Lipinski definition) is 6. The Bertz CT molecular complexity index is 1410. The third-order valence-corrected chi connectivity index (χ3v) is 5.21. The van der Waals surface area contributed by atoms with Gasteiger partial charge in [-0.05, 0) is 43.3 Å². The van der Waals surface area contributed by atoms with Gasteiger partial charge in [-0.2, -0.15) is 0 Å². The Labute approximate surface area is 190 Å². The van der Waals surface area contributed by atoms with Crippen molar-refractivity contribution in [1.82, 2.24) is 15.1 Å². The van der Waals surface area contributed by atoms with Crippen LogP contribution in [0.5, 0.6) is 0 Å². The molecule has 0 atom stereocenters. The fourth-order valence-corrected chi connectivity index (χ4v) is 3.56. The minimum Gasteiger partial charge on any atom is -0.356 e. The molecular formula is C26H21N5O2. The van der Waals surface area contributed by atoms with E-state index in [2.05, 4.69) is 25.8 Å². The van der Waals surface area contributed by atoms with Crippen LogP contribution in [-0.4, -0.2) is 21.0 Å². The first-order chi connectivity index (χ1) is 16.1. The van der Waals surface area contributed by atoms with E-state index in [0.29, 0.717) is 22.8 Å². The van der Waals surface area contributed by atoms with Gasteiger partial charge in [0.05, 0.1) is 12.1 Å². The molecule has 0 aliphatic rings. The van der Waals surface area contributed by atoms with E-state index in [9.17, 15) is 4.79 Å². The average Bonchev–Trinajstić information content (AvgIpc) is 3.22. The lowest BCUT2D eigenvalue weighted by atomic mass is 10.1. The van der Waals surface area contributed by atoms with Crippen LogP contribution in [0.3, 0.4) is 0 Å². The van der Waals surface area contributed by atoms with Crippen molar-refractivity contribution in [3.8, 4) is 11.3 Å². The second kappa shape index (κ2) is 8.92. The van der Waals surface area contributed by atoms with Crippen molar-refractivity contribution >= 4 is 34.1 Å². The Morgan fingerprint density at radius 2 is 1.70 bits per heavy atom. The highest BCUT2D eigenvalue weighted by Gasteiger charge is 2.13. The van der Waals surface area contributed by atoms with E-state index in [-0.39, 0.29) is 12.3 Å². The number of nitrogens with one attached hydrogen (secondary N) is 2. The summed E-state index contributed by atoms with van der Waals surface area (Å²) in [6, 6.07) is 25.1. The number of aryl methyl sites for hydroxylation is 1. The molecule has 162 valence electrons. The number of amides is 1. The van der Waals surface area contributed by atoms with Crippen LogP contribution < -0.4 is 10.6 Å². The summed E-state index contributed by atoms with van der Waals surface area (Å²) in [5.74, 6) is 0.532. The molecule has 0 aliphatic carbocycles. The number of benzene rings is 3. The van der Waals surface area contributed by atoms with Gasteiger partial charge in [0, 0.05) is 28.4 Å². The fourth-order valence-electron chi connectivity index (χ4n) is 3.56. The van der Waals surface area contributed by atoms with Crippen molar-refractivity contribution in [2.24, 2.45) is 0 Å². The maximum absolute atomic E-state index is 12.5. The first-order valence-corrected chi connectivity index (χ1v) is 10.5. The molecule has 2 N–H and O–H groups in total. The SMILES string of the molecule is Cc1ccc2onc(CC(=O)Nc3ccc(Nc4cc(-c5ccccc5)ncn4)cc3)c2c1. The largest absolute Gasteiger partial charge is 0.356 e. The Kier molecular flexibility index (Phi) is 5.51. The van der Waals surface area contributed by atoms with Gasteiger partial charge in [-0.1, -0.05) is 47.1 Å². The van der Waals surface area contributed by atoms with Gasteiger partial charge in [0.15, 0.2) is 5.58 Å². The summed E-state index contributed by atoms with van der Waals surface area (Å²) in [6.07, 6.45) is 1.67. The van der Waals surface area contributed by atoms with Gasteiger partial charge in [0.1, 0.15) is 17.8 Å². The molecule has 0 fully saturated rings. The van der Waals surface area contributed by atoms with Crippen LogP contribution in [-0.2, 0) is 11.2 Å². The molecule has 0 aliphatic heterocycles. The number of carbonyl (C=O) groups is 1. The first kappa shape index (κ1) is 20.4. The highest BCUT2D eigenvalue weighted by atomic mass is 16.5. The van der Waals surface area contributed by atoms with Crippen molar-refractivity contribution in [3.05, 3.63) is 96.4 Å². The van der Waals surface area contributed by atoms with Crippen LogP contribution in [0.2, 0.25) is 0 Å². The topological polar surface area (TPSA) is 92.9 Å². The second-order valence-electron chi connectivity index (χ2n) is 7.71. The summed E-state index contributed by atoms with van der Waals surface area (Å²) < 4.78 is 5.32. The Morgan fingerprint density at radius 1 is 0.909 bits per heavy atom. The maximum Gasteiger partial charge on any atom is 0.230 e. The normalized spacial score (nSPS) is 10.8. The van der Waals surface area contributed by atoms with Gasteiger partial charge < -0.3 is 15.2 Å². The number of fused-ring (bicyclic) bond motifs is 1. The van der Waals surface area contributed by atoms with Gasteiger partial charge in [0.2, 0.25) is 5.91 Å². The molecule has 5 aromatic rings. The zero-order chi connectivity index (χ0) is 22.6. The minimum absolute atomic E-state index is 0.139. The molecule has 7 heteroatoms. The third-order valence-electron chi connectivity index (χ3n) is 5.21. The number of carbonyl (C=O) groups excluding carboxylic acids is 1. The number of nitrogens with zero attached hydrogens (tertiary/aromatic N) is 3. The number of aromatic nitrogens is 3. The van der Waals surface area contributed by atoms with Gasteiger partial charge >= 0.3 is 0 Å². The number of anilines is 3. The molecule has 3 aromatic carbocycles. The molecule has 5 rings (SSSR count). The van der Waals surface area contributed by atoms with E-state index in [1.807, 2.05) is 85.8 Å². The number of rotatable bonds is 6. The predicted molar refractivity (Wildman–Crippen MR) is 128 cm³/mol. The number of hydrogen-bond donors (Lipinski definition) is 2. The lowest BCUT2D eigenvalue weighted by Gasteiger charge is -2.09. The predicted octanol–water partition coefficient (Wildman–Crippen LogP) is 5.52. The van der Waals surface area contributed by atoms with E-state index >= 15 is 0 Å². The smallest absolute Gasteiger partial charge is 0.230 e. The molecule has 0 unspecified atom stereocenters. The van der Waals surface area contributed by atoms with E-state index in [0.717, 1.165) is 27.9 Å². The minimum atomic E-state index is -0.157. The maximum atomic E-state index is 12.5. The Morgan fingerprint density at radius 3 is 2.52 bits per heavy atom. The summed E-state index contributed by atoms with van der Waals surface area (Å²) >= 11 is 0. The highest BCUT2D eigenvalue weighted by Crippen LogP contribution is 2.23. The molecule has 1 amide bonds. The second-order valence-corrected chi connectivity index (χ2v) is 7.71. The monoisotopic (exact) mass is 435 g/mol. The van der Waals surface area contributed by atoms with Crippen molar-refractivity contribution in [1.29, 1.82) is 0 Å². The fraction of sp³-hybridized carbons (Fsp3) is 0.0769. The quantitative estimate of drug-likeness (QED) is 0.365. The van der Waals surface area contributed by atoms with Crippen LogP contribution in [0.25, 0.3) is 22.2 Å². The Hall–Kier alpha value is -4.52. The van der Waals surface area contributed by atoms with E-state index in [1.54, 1.807) is 0 Å².